The predicted molar refractivity (Wildman–Crippen MR) is 141 cm³/mol. The summed E-state index contributed by atoms with van der Waals surface area (Å²) in [4.78, 5) is 66.4. The van der Waals surface area contributed by atoms with E-state index in [-0.39, 0.29) is 5.78 Å². The quantitative estimate of drug-likeness (QED) is 0.215. The monoisotopic (exact) mass is 498 g/mol. The zero-order valence-electron chi connectivity index (χ0n) is 19.8. The zero-order valence-corrected chi connectivity index (χ0v) is 19.8. The lowest BCUT2D eigenvalue weighted by molar-refractivity contribution is 0.0910. The molecule has 0 N–H and O–H groups in total. The van der Waals surface area contributed by atoms with Gasteiger partial charge in [-0.1, -0.05) is 54.6 Å². The number of carbonyl (C=O) groups excluding carboxylic acids is 5. The summed E-state index contributed by atoms with van der Waals surface area (Å²) in [7, 11) is 0. The minimum absolute atomic E-state index is 0.298. The average Bonchev–Trinajstić information content (AvgIpc) is 3.36. The Bertz CT molecular complexity index is 1670. The first-order valence-corrected chi connectivity index (χ1v) is 11.8. The number of amides is 4. The summed E-state index contributed by atoms with van der Waals surface area (Å²) < 4.78 is 0. The molecule has 2 aliphatic rings. The lowest BCUT2D eigenvalue weighted by atomic mass is 10.1. The largest absolute Gasteiger partial charge is 0.289 e. The lowest BCUT2D eigenvalue weighted by Crippen LogP contribution is -2.29. The SMILES string of the molecule is O=C(/C=C/c1cccc(N2C(=O)c3ccccc3C2=O)c1)c1cccc(N2C(=O)c3ccccc3C2=O)c1. The lowest BCUT2D eigenvalue weighted by Gasteiger charge is -2.14. The van der Waals surface area contributed by atoms with Crippen molar-refractivity contribution in [3.05, 3.63) is 137 Å². The topological polar surface area (TPSA) is 91.8 Å². The zero-order chi connectivity index (χ0) is 26.4. The molecule has 0 fully saturated rings. The van der Waals surface area contributed by atoms with Gasteiger partial charge in [-0.2, -0.15) is 0 Å². The number of hydrogen-bond acceptors (Lipinski definition) is 5. The van der Waals surface area contributed by atoms with Crippen LogP contribution in [0.4, 0.5) is 11.4 Å². The highest BCUT2D eigenvalue weighted by Gasteiger charge is 2.37. The van der Waals surface area contributed by atoms with E-state index in [0.29, 0.717) is 44.8 Å². The van der Waals surface area contributed by atoms with Gasteiger partial charge in [0.05, 0.1) is 33.6 Å². The van der Waals surface area contributed by atoms with E-state index >= 15 is 0 Å². The summed E-state index contributed by atoms with van der Waals surface area (Å²) in [6, 6.07) is 26.3. The van der Waals surface area contributed by atoms with E-state index < -0.39 is 23.6 Å². The summed E-state index contributed by atoms with van der Waals surface area (Å²) in [5.41, 5.74) is 2.98. The second-order valence-electron chi connectivity index (χ2n) is 8.83. The van der Waals surface area contributed by atoms with Crippen LogP contribution in [-0.4, -0.2) is 29.4 Å². The van der Waals surface area contributed by atoms with Gasteiger partial charge in [0.15, 0.2) is 5.78 Å². The number of allylic oxidation sites excluding steroid dienone is 1. The van der Waals surface area contributed by atoms with Crippen molar-refractivity contribution in [2.45, 2.75) is 0 Å². The molecular weight excluding hydrogens is 480 g/mol. The molecule has 0 unspecified atom stereocenters. The van der Waals surface area contributed by atoms with E-state index in [1.807, 2.05) is 0 Å². The maximum Gasteiger partial charge on any atom is 0.266 e. The molecule has 7 heteroatoms. The fraction of sp³-hybridized carbons (Fsp3) is 0. The Balaban J connectivity index is 1.23. The number of rotatable bonds is 5. The van der Waals surface area contributed by atoms with E-state index in [2.05, 4.69) is 0 Å². The highest BCUT2D eigenvalue weighted by atomic mass is 16.2. The number of benzene rings is 4. The van der Waals surface area contributed by atoms with Crippen molar-refractivity contribution < 1.29 is 24.0 Å². The van der Waals surface area contributed by atoms with E-state index in [1.54, 1.807) is 97.1 Å². The molecule has 0 spiro atoms. The van der Waals surface area contributed by atoms with Gasteiger partial charge < -0.3 is 0 Å². The number of hydrogen-bond donors (Lipinski definition) is 0. The predicted octanol–water partition coefficient (Wildman–Crippen LogP) is 5.18. The second kappa shape index (κ2) is 8.90. The molecule has 4 aromatic carbocycles. The first-order chi connectivity index (χ1) is 18.4. The molecule has 0 saturated carbocycles. The molecule has 0 atom stereocenters. The molecule has 0 aromatic heterocycles. The van der Waals surface area contributed by atoms with E-state index in [0.717, 1.165) is 9.80 Å². The standard InChI is InChI=1S/C31H18N2O5/c34-27(20-8-6-10-22(18-20)33-30(37)25-13-3-4-14-26(25)31(33)38)16-15-19-7-5-9-21(17-19)32-28(35)23-11-1-2-12-24(23)29(32)36/h1-18H/b16-15+. The molecule has 0 bridgehead atoms. The molecule has 2 heterocycles. The smallest absolute Gasteiger partial charge is 0.266 e. The highest BCUT2D eigenvalue weighted by Crippen LogP contribution is 2.30. The van der Waals surface area contributed by atoms with Crippen LogP contribution in [0.5, 0.6) is 0 Å². The van der Waals surface area contributed by atoms with Gasteiger partial charge in [0, 0.05) is 5.56 Å². The number of carbonyl (C=O) groups is 5. The number of ketones is 1. The van der Waals surface area contributed by atoms with Crippen LogP contribution in [0.3, 0.4) is 0 Å². The Kier molecular flexibility index (Phi) is 5.39. The minimum atomic E-state index is -0.435. The van der Waals surface area contributed by atoms with Crippen LogP contribution in [0.2, 0.25) is 0 Å². The number of fused-ring (bicyclic) bond motifs is 2. The maximum atomic E-state index is 13.0. The number of nitrogens with zero attached hydrogens (tertiary/aromatic N) is 2. The fourth-order valence-electron chi connectivity index (χ4n) is 4.68. The second-order valence-corrected chi connectivity index (χ2v) is 8.83. The Morgan fingerprint density at radius 3 is 1.47 bits per heavy atom. The van der Waals surface area contributed by atoms with Gasteiger partial charge in [-0.15, -0.1) is 0 Å². The van der Waals surface area contributed by atoms with Crippen molar-refractivity contribution in [2.24, 2.45) is 0 Å². The minimum Gasteiger partial charge on any atom is -0.289 e. The Morgan fingerprint density at radius 1 is 0.526 bits per heavy atom. The third-order valence-electron chi connectivity index (χ3n) is 6.53. The summed E-state index contributed by atoms with van der Waals surface area (Å²) >= 11 is 0. The van der Waals surface area contributed by atoms with Crippen LogP contribution in [-0.2, 0) is 0 Å². The Hall–Kier alpha value is -5.43. The third-order valence-corrected chi connectivity index (χ3v) is 6.53. The van der Waals surface area contributed by atoms with Crippen molar-refractivity contribution in [3.8, 4) is 0 Å². The van der Waals surface area contributed by atoms with Gasteiger partial charge in [0.25, 0.3) is 23.6 Å². The van der Waals surface area contributed by atoms with E-state index in [9.17, 15) is 24.0 Å². The van der Waals surface area contributed by atoms with Crippen LogP contribution in [0.1, 0.15) is 57.4 Å². The van der Waals surface area contributed by atoms with Crippen LogP contribution in [0, 0.1) is 0 Å². The fourth-order valence-corrected chi connectivity index (χ4v) is 4.68. The van der Waals surface area contributed by atoms with Crippen molar-refractivity contribution in [3.63, 3.8) is 0 Å². The van der Waals surface area contributed by atoms with Crippen LogP contribution in [0.25, 0.3) is 6.08 Å². The number of anilines is 2. The Morgan fingerprint density at radius 2 is 0.974 bits per heavy atom. The molecule has 4 aromatic rings. The summed E-state index contributed by atoms with van der Waals surface area (Å²) in [5, 5.41) is 0. The molecule has 2 aliphatic heterocycles. The maximum absolute atomic E-state index is 13.0. The molecule has 182 valence electrons. The molecular formula is C31H18N2O5. The summed E-state index contributed by atoms with van der Waals surface area (Å²) in [6.45, 7) is 0. The van der Waals surface area contributed by atoms with Crippen LogP contribution >= 0.6 is 0 Å². The average molecular weight is 498 g/mol. The first kappa shape index (κ1) is 23.0. The van der Waals surface area contributed by atoms with Crippen LogP contribution < -0.4 is 9.80 Å². The highest BCUT2D eigenvalue weighted by molar-refractivity contribution is 6.35. The van der Waals surface area contributed by atoms with E-state index in [1.165, 1.54) is 12.1 Å². The molecule has 38 heavy (non-hydrogen) atoms. The van der Waals surface area contributed by atoms with E-state index in [4.69, 9.17) is 0 Å². The molecule has 4 amide bonds. The van der Waals surface area contributed by atoms with Crippen molar-refractivity contribution in [1.29, 1.82) is 0 Å². The van der Waals surface area contributed by atoms with Gasteiger partial charge in [-0.05, 0) is 60.2 Å². The molecule has 0 radical (unpaired) electrons. The third kappa shape index (κ3) is 3.65. The van der Waals surface area contributed by atoms with Gasteiger partial charge in [0.2, 0.25) is 0 Å². The summed E-state index contributed by atoms with van der Waals surface area (Å²) in [6.07, 6.45) is 2.95. The molecule has 7 nitrogen and oxygen atoms in total. The van der Waals surface area contributed by atoms with Gasteiger partial charge in [-0.25, -0.2) is 9.80 Å². The normalized spacial score (nSPS) is 14.4. The summed E-state index contributed by atoms with van der Waals surface area (Å²) in [5.74, 6) is -2.00. The van der Waals surface area contributed by atoms with Gasteiger partial charge >= 0.3 is 0 Å². The number of imide groups is 2. The van der Waals surface area contributed by atoms with Crippen molar-refractivity contribution >= 4 is 46.9 Å². The first-order valence-electron chi connectivity index (χ1n) is 11.8. The molecule has 6 rings (SSSR count). The van der Waals surface area contributed by atoms with Crippen LogP contribution in [0.15, 0.2) is 103 Å². The van der Waals surface area contributed by atoms with Crippen molar-refractivity contribution in [2.75, 3.05) is 9.80 Å². The van der Waals surface area contributed by atoms with Crippen molar-refractivity contribution in [1.82, 2.24) is 0 Å². The van der Waals surface area contributed by atoms with Gasteiger partial charge in [-0.3, -0.25) is 24.0 Å². The molecule has 0 aliphatic carbocycles. The molecule has 0 saturated heterocycles. The van der Waals surface area contributed by atoms with Gasteiger partial charge in [0.1, 0.15) is 0 Å². The Labute approximate surface area is 217 Å².